The van der Waals surface area contributed by atoms with Gasteiger partial charge in [0, 0.05) is 43.8 Å². The van der Waals surface area contributed by atoms with E-state index in [0.29, 0.717) is 0 Å². The lowest BCUT2D eigenvalue weighted by Crippen LogP contribution is -2.48. The van der Waals surface area contributed by atoms with Gasteiger partial charge in [-0.1, -0.05) is 0 Å². The monoisotopic (exact) mass is 316 g/mol. The molecule has 1 aliphatic heterocycles. The second-order valence-corrected chi connectivity index (χ2v) is 6.35. The van der Waals surface area contributed by atoms with Gasteiger partial charge in [0.1, 0.15) is 0 Å². The molecule has 22 heavy (non-hydrogen) atoms. The minimum atomic E-state index is 0.0957. The van der Waals surface area contributed by atoms with Crippen molar-refractivity contribution in [2.75, 3.05) is 26.2 Å². The zero-order valence-corrected chi connectivity index (χ0v) is 13.8. The molecule has 116 valence electrons. The van der Waals surface area contributed by atoms with Gasteiger partial charge in [-0.15, -0.1) is 11.3 Å². The van der Waals surface area contributed by atoms with Crippen LogP contribution in [0, 0.1) is 13.8 Å². The number of carbonyl (C=O) groups is 1. The summed E-state index contributed by atoms with van der Waals surface area (Å²) >= 11 is 1.62. The van der Waals surface area contributed by atoms with E-state index in [2.05, 4.69) is 20.2 Å². The van der Waals surface area contributed by atoms with Crippen LogP contribution in [0.5, 0.6) is 0 Å². The van der Waals surface area contributed by atoms with Crippen molar-refractivity contribution < 1.29 is 4.79 Å². The fourth-order valence-corrected chi connectivity index (χ4v) is 3.29. The van der Waals surface area contributed by atoms with Crippen LogP contribution in [0.1, 0.15) is 27.4 Å². The van der Waals surface area contributed by atoms with E-state index in [9.17, 15) is 4.79 Å². The third-order valence-electron chi connectivity index (χ3n) is 3.98. The number of carbonyl (C=O) groups excluding carboxylic acids is 1. The van der Waals surface area contributed by atoms with Crippen LogP contribution >= 0.6 is 11.3 Å². The van der Waals surface area contributed by atoms with E-state index in [1.807, 2.05) is 36.4 Å². The van der Waals surface area contributed by atoms with Crippen LogP contribution in [0.25, 0.3) is 0 Å². The molecule has 1 saturated heterocycles. The molecule has 0 atom stereocenters. The summed E-state index contributed by atoms with van der Waals surface area (Å²) in [6, 6.07) is 3.79. The predicted octanol–water partition coefficient (Wildman–Crippen LogP) is 2.11. The smallest absolute Gasteiger partial charge is 0.255 e. The maximum absolute atomic E-state index is 12.6. The van der Waals surface area contributed by atoms with Crippen molar-refractivity contribution in [1.82, 2.24) is 19.8 Å². The molecular weight excluding hydrogens is 296 g/mol. The highest BCUT2D eigenvalue weighted by molar-refractivity contribution is 7.07. The average Bonchev–Trinajstić information content (AvgIpc) is 3.00. The standard InChI is InChI=1S/C16H20N4OS/c1-12-3-4-15(13(2)18-12)16(21)20-7-5-19(6-8-20)9-14-10-22-11-17-14/h3-4,10-11H,5-9H2,1-2H3. The molecule has 0 radical (unpaired) electrons. The Kier molecular flexibility index (Phi) is 4.49. The molecular formula is C16H20N4OS. The lowest BCUT2D eigenvalue weighted by molar-refractivity contribution is 0.0626. The summed E-state index contributed by atoms with van der Waals surface area (Å²) in [5.74, 6) is 0.0957. The van der Waals surface area contributed by atoms with Gasteiger partial charge in [-0.2, -0.15) is 0 Å². The molecule has 6 heteroatoms. The van der Waals surface area contributed by atoms with Crippen LogP contribution in [0.15, 0.2) is 23.0 Å². The highest BCUT2D eigenvalue weighted by Gasteiger charge is 2.23. The molecule has 2 aromatic heterocycles. The van der Waals surface area contributed by atoms with Crippen molar-refractivity contribution in [3.8, 4) is 0 Å². The van der Waals surface area contributed by atoms with Crippen molar-refractivity contribution in [3.05, 3.63) is 45.7 Å². The zero-order chi connectivity index (χ0) is 15.5. The fraction of sp³-hybridized carbons (Fsp3) is 0.438. The van der Waals surface area contributed by atoms with E-state index in [-0.39, 0.29) is 5.91 Å². The fourth-order valence-electron chi connectivity index (χ4n) is 2.74. The topological polar surface area (TPSA) is 49.3 Å². The molecule has 0 unspecified atom stereocenters. The predicted molar refractivity (Wildman–Crippen MR) is 87.0 cm³/mol. The molecule has 1 amide bonds. The summed E-state index contributed by atoms with van der Waals surface area (Å²) < 4.78 is 0. The third-order valence-corrected chi connectivity index (χ3v) is 4.62. The third kappa shape index (κ3) is 3.34. The number of aromatic nitrogens is 2. The number of hydrogen-bond donors (Lipinski definition) is 0. The first-order valence-electron chi connectivity index (χ1n) is 7.46. The van der Waals surface area contributed by atoms with Crippen molar-refractivity contribution in [1.29, 1.82) is 0 Å². The Bertz CT molecular complexity index is 648. The van der Waals surface area contributed by atoms with Gasteiger partial charge in [-0.3, -0.25) is 14.7 Å². The molecule has 0 aliphatic carbocycles. The first-order chi connectivity index (χ1) is 10.6. The van der Waals surface area contributed by atoms with E-state index in [0.717, 1.165) is 55.4 Å². The molecule has 2 aromatic rings. The van der Waals surface area contributed by atoms with Crippen LogP contribution in [-0.4, -0.2) is 51.9 Å². The second-order valence-electron chi connectivity index (χ2n) is 5.63. The van der Waals surface area contributed by atoms with E-state index in [1.54, 1.807) is 11.3 Å². The van der Waals surface area contributed by atoms with Gasteiger partial charge in [0.25, 0.3) is 5.91 Å². The van der Waals surface area contributed by atoms with Gasteiger partial charge in [-0.05, 0) is 26.0 Å². The second kappa shape index (κ2) is 6.54. The zero-order valence-electron chi connectivity index (χ0n) is 13.0. The highest BCUT2D eigenvalue weighted by Crippen LogP contribution is 2.14. The quantitative estimate of drug-likeness (QED) is 0.870. The van der Waals surface area contributed by atoms with Crippen LogP contribution in [0.2, 0.25) is 0 Å². The first-order valence-corrected chi connectivity index (χ1v) is 8.41. The Morgan fingerprint density at radius 1 is 1.23 bits per heavy atom. The van der Waals surface area contributed by atoms with Crippen LogP contribution in [0.4, 0.5) is 0 Å². The Labute approximate surface area is 134 Å². The summed E-state index contributed by atoms with van der Waals surface area (Å²) in [6.07, 6.45) is 0. The Balaban J connectivity index is 1.60. The molecule has 3 rings (SSSR count). The summed E-state index contributed by atoms with van der Waals surface area (Å²) in [6.45, 7) is 8.02. The minimum absolute atomic E-state index is 0.0957. The molecule has 0 saturated carbocycles. The molecule has 0 spiro atoms. The molecule has 1 aliphatic rings. The van der Waals surface area contributed by atoms with Gasteiger partial charge >= 0.3 is 0 Å². The lowest BCUT2D eigenvalue weighted by Gasteiger charge is -2.34. The van der Waals surface area contributed by atoms with Crippen LogP contribution in [0.3, 0.4) is 0 Å². The van der Waals surface area contributed by atoms with Crippen LogP contribution < -0.4 is 0 Å². The van der Waals surface area contributed by atoms with Crippen LogP contribution in [-0.2, 0) is 6.54 Å². The summed E-state index contributed by atoms with van der Waals surface area (Å²) in [5, 5.41) is 2.08. The van der Waals surface area contributed by atoms with Gasteiger partial charge in [0.05, 0.1) is 22.5 Å². The van der Waals surface area contributed by atoms with E-state index in [1.165, 1.54) is 0 Å². The molecule has 0 aromatic carbocycles. The maximum Gasteiger partial charge on any atom is 0.255 e. The number of pyridine rings is 1. The lowest BCUT2D eigenvalue weighted by atomic mass is 10.1. The molecule has 5 nitrogen and oxygen atoms in total. The number of hydrogen-bond acceptors (Lipinski definition) is 5. The maximum atomic E-state index is 12.6. The number of aryl methyl sites for hydroxylation is 2. The minimum Gasteiger partial charge on any atom is -0.336 e. The van der Waals surface area contributed by atoms with E-state index in [4.69, 9.17) is 0 Å². The molecule has 3 heterocycles. The molecule has 1 fully saturated rings. The van der Waals surface area contributed by atoms with E-state index < -0.39 is 0 Å². The number of thiazole rings is 1. The van der Waals surface area contributed by atoms with Crippen molar-refractivity contribution >= 4 is 17.2 Å². The summed E-state index contributed by atoms with van der Waals surface area (Å²) in [5.41, 5.74) is 5.46. The highest BCUT2D eigenvalue weighted by atomic mass is 32.1. The Morgan fingerprint density at radius 3 is 2.64 bits per heavy atom. The van der Waals surface area contributed by atoms with Crippen molar-refractivity contribution in [2.45, 2.75) is 20.4 Å². The first kappa shape index (κ1) is 15.1. The molecule has 0 N–H and O–H groups in total. The largest absolute Gasteiger partial charge is 0.336 e. The SMILES string of the molecule is Cc1ccc(C(=O)N2CCN(Cc3cscn3)CC2)c(C)n1. The number of rotatable bonds is 3. The van der Waals surface area contributed by atoms with Gasteiger partial charge < -0.3 is 4.90 Å². The summed E-state index contributed by atoms with van der Waals surface area (Å²) in [7, 11) is 0. The van der Waals surface area contributed by atoms with Crippen molar-refractivity contribution in [2.24, 2.45) is 0 Å². The van der Waals surface area contributed by atoms with Gasteiger partial charge in [-0.25, -0.2) is 4.98 Å². The number of nitrogens with zero attached hydrogens (tertiary/aromatic N) is 4. The van der Waals surface area contributed by atoms with Gasteiger partial charge in [0.2, 0.25) is 0 Å². The number of piperazine rings is 1. The normalized spacial score (nSPS) is 16.0. The van der Waals surface area contributed by atoms with E-state index >= 15 is 0 Å². The summed E-state index contributed by atoms with van der Waals surface area (Å²) in [4.78, 5) is 25.6. The van der Waals surface area contributed by atoms with Crippen molar-refractivity contribution in [3.63, 3.8) is 0 Å². The van der Waals surface area contributed by atoms with Gasteiger partial charge in [0.15, 0.2) is 0 Å². The number of amides is 1. The molecule has 0 bridgehead atoms. The average molecular weight is 316 g/mol. The Hall–Kier alpha value is -1.79. The Morgan fingerprint density at radius 2 is 2.00 bits per heavy atom.